The van der Waals surface area contributed by atoms with E-state index in [-0.39, 0.29) is 12.0 Å². The van der Waals surface area contributed by atoms with Gasteiger partial charge in [-0.25, -0.2) is 9.45 Å². The quantitative estimate of drug-likeness (QED) is 0.866. The normalized spacial score (nSPS) is 12.3. The van der Waals surface area contributed by atoms with Crippen molar-refractivity contribution in [1.29, 1.82) is 0 Å². The summed E-state index contributed by atoms with van der Waals surface area (Å²) in [5.74, 6) is -0.991. The van der Waals surface area contributed by atoms with Crippen LogP contribution >= 0.6 is 15.9 Å². The Labute approximate surface area is 107 Å². The molecule has 1 rings (SSSR count). The van der Waals surface area contributed by atoms with Gasteiger partial charge in [-0.05, 0) is 12.1 Å². The van der Waals surface area contributed by atoms with E-state index >= 15 is 0 Å². The molecule has 1 N–H and O–H groups in total. The molecule has 1 unspecified atom stereocenters. The second kappa shape index (κ2) is 6.09. The predicted octanol–water partition coefficient (Wildman–Crippen LogP) is 2.03. The lowest BCUT2D eigenvalue weighted by Gasteiger charge is -2.17. The number of rotatable bonds is 4. The van der Waals surface area contributed by atoms with E-state index in [9.17, 15) is 14.3 Å². The summed E-state index contributed by atoms with van der Waals surface area (Å²) in [5, 5.41) is 10.8. The van der Waals surface area contributed by atoms with Crippen LogP contribution in [0.25, 0.3) is 0 Å². The zero-order valence-electron chi connectivity index (χ0n) is 9.48. The van der Waals surface area contributed by atoms with E-state index in [0.717, 1.165) is 5.06 Å². The lowest BCUT2D eigenvalue weighted by molar-refractivity contribution is -0.170. The van der Waals surface area contributed by atoms with Gasteiger partial charge in [-0.2, -0.15) is 0 Å². The average molecular weight is 306 g/mol. The number of aliphatic hydroxyl groups excluding tert-OH is 1. The summed E-state index contributed by atoms with van der Waals surface area (Å²) in [5.41, 5.74) is 0.0744. The van der Waals surface area contributed by atoms with Crippen LogP contribution in [0.5, 0.6) is 0 Å². The summed E-state index contributed by atoms with van der Waals surface area (Å²) < 4.78 is 13.9. The Balaban J connectivity index is 2.83. The molecule has 0 aromatic heterocycles. The fourth-order valence-electron chi connectivity index (χ4n) is 1.33. The van der Waals surface area contributed by atoms with Gasteiger partial charge in [0.2, 0.25) is 5.91 Å². The molecule has 1 aromatic rings. The Morgan fingerprint density at radius 1 is 1.65 bits per heavy atom. The van der Waals surface area contributed by atoms with Gasteiger partial charge in [-0.3, -0.25) is 9.63 Å². The molecule has 0 aliphatic rings. The van der Waals surface area contributed by atoms with E-state index in [1.54, 1.807) is 6.07 Å². The number of hydroxylamine groups is 2. The van der Waals surface area contributed by atoms with Crippen LogP contribution in [0.2, 0.25) is 0 Å². The zero-order valence-corrected chi connectivity index (χ0v) is 11.1. The van der Waals surface area contributed by atoms with Gasteiger partial charge >= 0.3 is 0 Å². The lowest BCUT2D eigenvalue weighted by atomic mass is 10.1. The minimum Gasteiger partial charge on any atom is -0.388 e. The van der Waals surface area contributed by atoms with Crippen LogP contribution in [0.1, 0.15) is 18.1 Å². The maximum absolute atomic E-state index is 13.5. The van der Waals surface area contributed by atoms with Gasteiger partial charge in [-0.1, -0.05) is 22.0 Å². The Morgan fingerprint density at radius 3 is 2.82 bits per heavy atom. The SMILES string of the molecule is CON(C)C(=O)CC(O)c1c(F)cccc1Br. The molecule has 17 heavy (non-hydrogen) atoms. The molecular formula is C11H13BrFNO3. The molecule has 0 saturated carbocycles. The van der Waals surface area contributed by atoms with Crippen molar-refractivity contribution in [2.45, 2.75) is 12.5 Å². The largest absolute Gasteiger partial charge is 0.388 e. The Kier molecular flexibility index (Phi) is 5.04. The van der Waals surface area contributed by atoms with E-state index in [0.29, 0.717) is 4.47 Å². The third kappa shape index (κ3) is 3.49. The van der Waals surface area contributed by atoms with Crippen molar-refractivity contribution in [3.8, 4) is 0 Å². The fraction of sp³-hybridized carbons (Fsp3) is 0.364. The van der Waals surface area contributed by atoms with E-state index in [2.05, 4.69) is 20.8 Å². The van der Waals surface area contributed by atoms with E-state index in [1.807, 2.05) is 0 Å². The highest BCUT2D eigenvalue weighted by Gasteiger charge is 2.21. The van der Waals surface area contributed by atoms with Crippen molar-refractivity contribution in [3.05, 3.63) is 34.1 Å². The van der Waals surface area contributed by atoms with Crippen LogP contribution in [0.4, 0.5) is 4.39 Å². The van der Waals surface area contributed by atoms with Crippen LogP contribution in [-0.4, -0.2) is 30.2 Å². The molecule has 0 radical (unpaired) electrons. The second-order valence-electron chi connectivity index (χ2n) is 3.43. The summed E-state index contributed by atoms with van der Waals surface area (Å²) in [4.78, 5) is 16.2. The number of hydrogen-bond acceptors (Lipinski definition) is 3. The van der Waals surface area contributed by atoms with Gasteiger partial charge < -0.3 is 5.11 Å². The predicted molar refractivity (Wildman–Crippen MR) is 63.5 cm³/mol. The van der Waals surface area contributed by atoms with E-state index in [1.165, 1.54) is 26.3 Å². The molecule has 0 fully saturated rings. The van der Waals surface area contributed by atoms with Crippen LogP contribution in [-0.2, 0) is 9.63 Å². The number of halogens is 2. The van der Waals surface area contributed by atoms with Gasteiger partial charge in [0.15, 0.2) is 0 Å². The van der Waals surface area contributed by atoms with Crippen molar-refractivity contribution in [3.63, 3.8) is 0 Å². The van der Waals surface area contributed by atoms with Gasteiger partial charge in [0.1, 0.15) is 5.82 Å². The molecule has 94 valence electrons. The number of carbonyl (C=O) groups is 1. The van der Waals surface area contributed by atoms with Crippen LogP contribution in [0, 0.1) is 5.82 Å². The highest BCUT2D eigenvalue weighted by Crippen LogP contribution is 2.28. The highest BCUT2D eigenvalue weighted by atomic mass is 79.9. The molecule has 0 bridgehead atoms. The second-order valence-corrected chi connectivity index (χ2v) is 4.28. The van der Waals surface area contributed by atoms with E-state index in [4.69, 9.17) is 0 Å². The number of amides is 1. The molecule has 6 heteroatoms. The zero-order chi connectivity index (χ0) is 13.0. The van der Waals surface area contributed by atoms with Crippen molar-refractivity contribution >= 4 is 21.8 Å². The molecule has 0 aliphatic carbocycles. The lowest BCUT2D eigenvalue weighted by Crippen LogP contribution is -2.27. The van der Waals surface area contributed by atoms with Crippen molar-refractivity contribution < 1.29 is 19.1 Å². The highest BCUT2D eigenvalue weighted by molar-refractivity contribution is 9.10. The monoisotopic (exact) mass is 305 g/mol. The smallest absolute Gasteiger partial charge is 0.248 e. The van der Waals surface area contributed by atoms with Crippen molar-refractivity contribution in [2.75, 3.05) is 14.2 Å². The maximum atomic E-state index is 13.5. The van der Waals surface area contributed by atoms with Gasteiger partial charge in [-0.15, -0.1) is 0 Å². The first-order valence-electron chi connectivity index (χ1n) is 4.90. The number of carbonyl (C=O) groups excluding carboxylic acids is 1. The van der Waals surface area contributed by atoms with Gasteiger partial charge in [0.05, 0.1) is 19.6 Å². The molecule has 0 aliphatic heterocycles. The Morgan fingerprint density at radius 2 is 2.29 bits per heavy atom. The first-order valence-corrected chi connectivity index (χ1v) is 5.69. The Bertz CT molecular complexity index is 393. The number of hydrogen-bond donors (Lipinski definition) is 1. The molecule has 1 amide bonds. The molecular weight excluding hydrogens is 293 g/mol. The molecule has 0 heterocycles. The molecule has 0 saturated heterocycles. The average Bonchev–Trinajstić information content (AvgIpc) is 2.27. The topological polar surface area (TPSA) is 49.8 Å². The van der Waals surface area contributed by atoms with Gasteiger partial charge in [0, 0.05) is 17.1 Å². The van der Waals surface area contributed by atoms with Crippen LogP contribution < -0.4 is 0 Å². The summed E-state index contributed by atoms with van der Waals surface area (Å²) in [6.45, 7) is 0. The molecule has 1 aromatic carbocycles. The van der Waals surface area contributed by atoms with Crippen LogP contribution in [0.15, 0.2) is 22.7 Å². The first-order chi connectivity index (χ1) is 7.97. The molecule has 0 spiro atoms. The fourth-order valence-corrected chi connectivity index (χ4v) is 1.93. The molecule has 4 nitrogen and oxygen atoms in total. The third-order valence-electron chi connectivity index (χ3n) is 2.33. The minimum absolute atomic E-state index is 0.0744. The first kappa shape index (κ1) is 14.1. The van der Waals surface area contributed by atoms with Crippen molar-refractivity contribution in [1.82, 2.24) is 5.06 Å². The standard InChI is InChI=1S/C11H13BrFNO3/c1-14(17-2)10(16)6-9(15)11-7(12)4-3-5-8(11)13/h3-5,9,15H,6H2,1-2H3. The Hall–Kier alpha value is -0.980. The van der Waals surface area contributed by atoms with Crippen LogP contribution in [0.3, 0.4) is 0 Å². The summed E-state index contributed by atoms with van der Waals surface area (Å²) >= 11 is 3.14. The number of aliphatic hydroxyl groups is 1. The summed E-state index contributed by atoms with van der Waals surface area (Å²) in [6.07, 6.45) is -1.46. The molecule has 1 atom stereocenters. The van der Waals surface area contributed by atoms with Gasteiger partial charge in [0.25, 0.3) is 0 Å². The maximum Gasteiger partial charge on any atom is 0.248 e. The number of benzene rings is 1. The summed E-state index contributed by atoms with van der Waals surface area (Å²) in [6, 6.07) is 4.35. The minimum atomic E-state index is -1.21. The summed E-state index contributed by atoms with van der Waals surface area (Å²) in [7, 11) is 2.76. The number of nitrogens with zero attached hydrogens (tertiary/aromatic N) is 1. The van der Waals surface area contributed by atoms with Crippen molar-refractivity contribution in [2.24, 2.45) is 0 Å². The third-order valence-corrected chi connectivity index (χ3v) is 3.02. The van der Waals surface area contributed by atoms with E-state index < -0.39 is 17.8 Å².